The predicted molar refractivity (Wildman–Crippen MR) is 73.5 cm³/mol. The lowest BCUT2D eigenvalue weighted by Crippen LogP contribution is -2.50. The van der Waals surface area contributed by atoms with Gasteiger partial charge in [0.1, 0.15) is 0 Å². The van der Waals surface area contributed by atoms with Crippen LogP contribution < -0.4 is 5.32 Å². The third-order valence-electron chi connectivity index (χ3n) is 3.92. The lowest BCUT2D eigenvalue weighted by molar-refractivity contribution is 0.0640. The Bertz CT molecular complexity index is 536. The summed E-state index contributed by atoms with van der Waals surface area (Å²) >= 11 is 0. The Morgan fingerprint density at radius 3 is 2.67 bits per heavy atom. The van der Waals surface area contributed by atoms with Crippen molar-refractivity contribution in [1.29, 1.82) is 0 Å². The Labute approximate surface area is 122 Å². The summed E-state index contributed by atoms with van der Waals surface area (Å²) in [4.78, 5) is 13.8. The van der Waals surface area contributed by atoms with Crippen LogP contribution in [0.2, 0.25) is 0 Å². The molecule has 1 heterocycles. The maximum atomic E-state index is 13.7. The van der Waals surface area contributed by atoms with Gasteiger partial charge < -0.3 is 10.2 Å². The molecule has 0 bridgehead atoms. The van der Waals surface area contributed by atoms with Crippen LogP contribution in [-0.4, -0.2) is 36.5 Å². The van der Waals surface area contributed by atoms with Crippen LogP contribution in [0.15, 0.2) is 12.1 Å². The zero-order valence-electron chi connectivity index (χ0n) is 12.1. The molecule has 21 heavy (non-hydrogen) atoms. The molecule has 2 atom stereocenters. The molecule has 1 aliphatic heterocycles. The van der Waals surface area contributed by atoms with E-state index in [1.807, 2.05) is 13.8 Å². The molecule has 0 aromatic heterocycles. The number of rotatable bonds is 3. The Morgan fingerprint density at radius 1 is 1.33 bits per heavy atom. The molecule has 1 saturated heterocycles. The van der Waals surface area contributed by atoms with Crippen molar-refractivity contribution >= 4 is 5.91 Å². The molecule has 0 radical (unpaired) electrons. The van der Waals surface area contributed by atoms with Gasteiger partial charge in [-0.15, -0.1) is 0 Å². The lowest BCUT2D eigenvalue weighted by atomic mass is 9.93. The van der Waals surface area contributed by atoms with Crippen molar-refractivity contribution in [2.24, 2.45) is 5.92 Å². The standard InChI is InChI=1S/C15H19F3N2O/c1-3-19-12-6-7-20(8-9(12)2)15(21)10-4-5-11(16)14(18)13(10)17/h4-5,9,12,19H,3,6-8H2,1-2H3. The van der Waals surface area contributed by atoms with Gasteiger partial charge in [-0.2, -0.15) is 0 Å². The summed E-state index contributed by atoms with van der Waals surface area (Å²) in [7, 11) is 0. The highest BCUT2D eigenvalue weighted by Crippen LogP contribution is 2.21. The number of hydrogen-bond donors (Lipinski definition) is 1. The second kappa shape index (κ2) is 6.47. The maximum Gasteiger partial charge on any atom is 0.256 e. The highest BCUT2D eigenvalue weighted by molar-refractivity contribution is 5.94. The average molecular weight is 300 g/mol. The zero-order chi connectivity index (χ0) is 15.6. The summed E-state index contributed by atoms with van der Waals surface area (Å²) in [6.45, 7) is 5.81. The van der Waals surface area contributed by atoms with Gasteiger partial charge in [0, 0.05) is 19.1 Å². The smallest absolute Gasteiger partial charge is 0.256 e. The molecule has 0 aliphatic carbocycles. The minimum absolute atomic E-state index is 0.219. The van der Waals surface area contributed by atoms with E-state index < -0.39 is 28.9 Å². The number of carbonyl (C=O) groups excluding carboxylic acids is 1. The first-order chi connectivity index (χ1) is 9.95. The van der Waals surface area contributed by atoms with Crippen LogP contribution in [0.25, 0.3) is 0 Å². The summed E-state index contributed by atoms with van der Waals surface area (Å²) in [6, 6.07) is 2.09. The van der Waals surface area contributed by atoms with Crippen molar-refractivity contribution in [3.8, 4) is 0 Å². The van der Waals surface area contributed by atoms with Gasteiger partial charge in [0.05, 0.1) is 5.56 Å². The highest BCUT2D eigenvalue weighted by atomic mass is 19.2. The quantitative estimate of drug-likeness (QED) is 0.870. The van der Waals surface area contributed by atoms with Crippen molar-refractivity contribution < 1.29 is 18.0 Å². The SMILES string of the molecule is CCNC1CCN(C(=O)c2ccc(F)c(F)c2F)CC1C. The van der Waals surface area contributed by atoms with Gasteiger partial charge in [0.15, 0.2) is 17.5 Å². The van der Waals surface area contributed by atoms with Gasteiger partial charge in [0.2, 0.25) is 0 Å². The van der Waals surface area contributed by atoms with Crippen LogP contribution >= 0.6 is 0 Å². The van der Waals surface area contributed by atoms with Crippen molar-refractivity contribution in [3.63, 3.8) is 0 Å². The molecule has 1 fully saturated rings. The summed E-state index contributed by atoms with van der Waals surface area (Å²) in [5.41, 5.74) is -0.414. The van der Waals surface area contributed by atoms with Crippen LogP contribution in [0.5, 0.6) is 0 Å². The summed E-state index contributed by atoms with van der Waals surface area (Å²) in [5.74, 6) is -4.68. The van der Waals surface area contributed by atoms with Crippen LogP contribution in [-0.2, 0) is 0 Å². The van der Waals surface area contributed by atoms with Crippen molar-refractivity contribution in [2.45, 2.75) is 26.3 Å². The molecule has 2 rings (SSSR count). The first kappa shape index (κ1) is 15.8. The number of halogens is 3. The number of amides is 1. The van der Waals surface area contributed by atoms with Crippen molar-refractivity contribution in [3.05, 3.63) is 35.1 Å². The molecule has 0 saturated carbocycles. The van der Waals surface area contributed by atoms with E-state index in [0.29, 0.717) is 19.1 Å². The molecular formula is C15H19F3N2O. The van der Waals surface area contributed by atoms with Gasteiger partial charge in [0.25, 0.3) is 5.91 Å². The predicted octanol–water partition coefficient (Wildman–Crippen LogP) is 2.56. The molecular weight excluding hydrogens is 281 g/mol. The summed E-state index contributed by atoms with van der Waals surface area (Å²) in [5, 5.41) is 3.34. The molecule has 6 heteroatoms. The van der Waals surface area contributed by atoms with Gasteiger partial charge in [-0.05, 0) is 31.0 Å². The minimum atomic E-state index is -1.60. The number of nitrogens with zero attached hydrogens (tertiary/aromatic N) is 1. The van der Waals surface area contributed by atoms with Crippen LogP contribution in [0.3, 0.4) is 0 Å². The number of benzene rings is 1. The average Bonchev–Trinajstić information content (AvgIpc) is 2.46. The van der Waals surface area contributed by atoms with E-state index >= 15 is 0 Å². The number of nitrogens with one attached hydrogen (secondary N) is 1. The largest absolute Gasteiger partial charge is 0.338 e. The highest BCUT2D eigenvalue weighted by Gasteiger charge is 2.30. The Hall–Kier alpha value is -1.56. The first-order valence-corrected chi connectivity index (χ1v) is 7.11. The fraction of sp³-hybridized carbons (Fsp3) is 0.533. The summed E-state index contributed by atoms with van der Waals surface area (Å²) in [6.07, 6.45) is 0.756. The van der Waals surface area contributed by atoms with Crippen molar-refractivity contribution in [2.75, 3.05) is 19.6 Å². The van der Waals surface area contributed by atoms with Crippen molar-refractivity contribution in [1.82, 2.24) is 10.2 Å². The minimum Gasteiger partial charge on any atom is -0.338 e. The summed E-state index contributed by atoms with van der Waals surface area (Å²) < 4.78 is 39.8. The van der Waals surface area contributed by atoms with E-state index in [4.69, 9.17) is 0 Å². The molecule has 116 valence electrons. The number of piperidine rings is 1. The van der Waals surface area contributed by atoms with Gasteiger partial charge in [-0.1, -0.05) is 13.8 Å². The number of hydrogen-bond acceptors (Lipinski definition) is 2. The molecule has 1 aliphatic rings. The van der Waals surface area contributed by atoms with Gasteiger partial charge >= 0.3 is 0 Å². The van der Waals surface area contributed by atoms with E-state index in [0.717, 1.165) is 25.1 Å². The molecule has 0 spiro atoms. The molecule has 3 nitrogen and oxygen atoms in total. The molecule has 1 amide bonds. The number of likely N-dealkylation sites (tertiary alicyclic amines) is 1. The first-order valence-electron chi connectivity index (χ1n) is 7.11. The lowest BCUT2D eigenvalue weighted by Gasteiger charge is -2.37. The molecule has 1 aromatic rings. The maximum absolute atomic E-state index is 13.7. The van der Waals surface area contributed by atoms with E-state index in [2.05, 4.69) is 5.32 Å². The van der Waals surface area contributed by atoms with Crippen LogP contribution in [0.1, 0.15) is 30.6 Å². The second-order valence-corrected chi connectivity index (χ2v) is 5.40. The Balaban J connectivity index is 2.13. The van der Waals surface area contributed by atoms with Gasteiger partial charge in [-0.25, -0.2) is 13.2 Å². The third kappa shape index (κ3) is 3.20. The van der Waals surface area contributed by atoms with Gasteiger partial charge in [-0.3, -0.25) is 4.79 Å². The zero-order valence-corrected chi connectivity index (χ0v) is 12.1. The monoisotopic (exact) mass is 300 g/mol. The van der Waals surface area contributed by atoms with E-state index in [-0.39, 0.29) is 5.92 Å². The normalized spacial score (nSPS) is 22.4. The molecule has 1 aromatic carbocycles. The fourth-order valence-corrected chi connectivity index (χ4v) is 2.76. The molecule has 1 N–H and O–H groups in total. The van der Waals surface area contributed by atoms with E-state index in [1.54, 1.807) is 0 Å². The third-order valence-corrected chi connectivity index (χ3v) is 3.92. The fourth-order valence-electron chi connectivity index (χ4n) is 2.76. The topological polar surface area (TPSA) is 32.3 Å². The van der Waals surface area contributed by atoms with E-state index in [9.17, 15) is 18.0 Å². The Morgan fingerprint density at radius 2 is 2.05 bits per heavy atom. The second-order valence-electron chi connectivity index (χ2n) is 5.40. The van der Waals surface area contributed by atoms with E-state index in [1.165, 1.54) is 4.90 Å². The Kier molecular flexibility index (Phi) is 4.88. The van der Waals surface area contributed by atoms with Crippen LogP contribution in [0.4, 0.5) is 13.2 Å². The molecule has 2 unspecified atom stereocenters. The van der Waals surface area contributed by atoms with Crippen LogP contribution in [0, 0.1) is 23.4 Å². The number of carbonyl (C=O) groups is 1.